The van der Waals surface area contributed by atoms with Crippen LogP contribution in [0.5, 0.6) is 0 Å². The summed E-state index contributed by atoms with van der Waals surface area (Å²) in [5.41, 5.74) is 5.86. The van der Waals surface area contributed by atoms with Gasteiger partial charge in [0.25, 0.3) is 0 Å². The van der Waals surface area contributed by atoms with Crippen molar-refractivity contribution in [1.29, 1.82) is 0 Å². The van der Waals surface area contributed by atoms with Crippen LogP contribution in [-0.2, 0) is 4.74 Å². The Hall–Kier alpha value is -1.62. The van der Waals surface area contributed by atoms with Gasteiger partial charge in [-0.05, 0) is 43.9 Å². The van der Waals surface area contributed by atoms with E-state index in [9.17, 15) is 9.18 Å². The summed E-state index contributed by atoms with van der Waals surface area (Å²) in [4.78, 5) is 11.1. The minimum Gasteiger partial charge on any atom is -0.381 e. The molecule has 2 rings (SSSR count). The summed E-state index contributed by atoms with van der Waals surface area (Å²) >= 11 is 0. The Morgan fingerprint density at radius 2 is 2.05 bits per heavy atom. The minimum atomic E-state index is -0.550. The van der Waals surface area contributed by atoms with Crippen LogP contribution in [0.25, 0.3) is 0 Å². The molecule has 0 radical (unpaired) electrons. The fraction of sp³-hybridized carbons (Fsp3) is 0.500. The average molecular weight is 266 g/mol. The number of nitrogens with two attached hydrogens (primary N) is 1. The second-order valence-corrected chi connectivity index (χ2v) is 4.91. The van der Waals surface area contributed by atoms with E-state index in [0.717, 1.165) is 25.7 Å². The van der Waals surface area contributed by atoms with Gasteiger partial charge in [-0.15, -0.1) is 0 Å². The van der Waals surface area contributed by atoms with E-state index in [-0.39, 0.29) is 11.9 Å². The van der Waals surface area contributed by atoms with Crippen LogP contribution in [0, 0.1) is 5.82 Å². The SMILES string of the molecule is COC1CCC(Nc2cc(C(N)=O)ccc2F)CC1. The molecule has 1 amide bonds. The summed E-state index contributed by atoms with van der Waals surface area (Å²) in [5.74, 6) is -0.912. The largest absolute Gasteiger partial charge is 0.381 e. The Bertz CT molecular complexity index is 457. The van der Waals surface area contributed by atoms with Crippen LogP contribution in [0.2, 0.25) is 0 Å². The summed E-state index contributed by atoms with van der Waals surface area (Å²) in [5, 5.41) is 3.15. The zero-order chi connectivity index (χ0) is 13.8. The molecule has 1 fully saturated rings. The summed E-state index contributed by atoms with van der Waals surface area (Å²) in [6, 6.07) is 4.34. The van der Waals surface area contributed by atoms with E-state index < -0.39 is 5.91 Å². The lowest BCUT2D eigenvalue weighted by molar-refractivity contribution is 0.0681. The molecule has 0 spiro atoms. The molecule has 19 heavy (non-hydrogen) atoms. The number of amides is 1. The van der Waals surface area contributed by atoms with Crippen molar-refractivity contribution in [3.8, 4) is 0 Å². The number of hydrogen-bond donors (Lipinski definition) is 2. The van der Waals surface area contributed by atoms with Gasteiger partial charge in [0.15, 0.2) is 0 Å². The van der Waals surface area contributed by atoms with Crippen molar-refractivity contribution in [2.75, 3.05) is 12.4 Å². The molecule has 0 aliphatic heterocycles. The summed E-state index contributed by atoms with van der Waals surface area (Å²) < 4.78 is 19.0. The molecule has 1 aromatic rings. The Morgan fingerprint density at radius 1 is 1.37 bits per heavy atom. The number of methoxy groups -OCH3 is 1. The Kier molecular flexibility index (Phi) is 4.37. The molecule has 5 heteroatoms. The van der Waals surface area contributed by atoms with Gasteiger partial charge in [-0.25, -0.2) is 4.39 Å². The number of primary amides is 1. The van der Waals surface area contributed by atoms with Gasteiger partial charge in [-0.2, -0.15) is 0 Å². The van der Waals surface area contributed by atoms with Gasteiger partial charge >= 0.3 is 0 Å². The molecule has 0 unspecified atom stereocenters. The molecular weight excluding hydrogens is 247 g/mol. The topological polar surface area (TPSA) is 64.3 Å². The summed E-state index contributed by atoms with van der Waals surface area (Å²) in [6.45, 7) is 0. The molecule has 1 aromatic carbocycles. The molecule has 3 N–H and O–H groups in total. The van der Waals surface area contributed by atoms with Crippen LogP contribution in [0.4, 0.5) is 10.1 Å². The van der Waals surface area contributed by atoms with Crippen molar-refractivity contribution in [2.45, 2.75) is 37.8 Å². The zero-order valence-corrected chi connectivity index (χ0v) is 11.0. The third-order valence-corrected chi connectivity index (χ3v) is 3.62. The van der Waals surface area contributed by atoms with Crippen molar-refractivity contribution >= 4 is 11.6 Å². The molecule has 0 heterocycles. The quantitative estimate of drug-likeness (QED) is 0.878. The lowest BCUT2D eigenvalue weighted by atomic mass is 9.92. The third kappa shape index (κ3) is 3.44. The number of benzene rings is 1. The molecule has 0 atom stereocenters. The number of carbonyl (C=O) groups excluding carboxylic acids is 1. The van der Waals surface area contributed by atoms with E-state index in [4.69, 9.17) is 10.5 Å². The highest BCUT2D eigenvalue weighted by Crippen LogP contribution is 2.25. The van der Waals surface area contributed by atoms with Crippen molar-refractivity contribution in [3.63, 3.8) is 0 Å². The predicted molar refractivity (Wildman–Crippen MR) is 71.6 cm³/mol. The first-order chi connectivity index (χ1) is 9.10. The fourth-order valence-corrected chi connectivity index (χ4v) is 2.45. The molecular formula is C14H19FN2O2. The van der Waals surface area contributed by atoms with E-state index in [1.807, 2.05) is 0 Å². The second-order valence-electron chi connectivity index (χ2n) is 4.91. The van der Waals surface area contributed by atoms with Gasteiger partial charge in [0.1, 0.15) is 5.82 Å². The Morgan fingerprint density at radius 3 is 2.63 bits per heavy atom. The van der Waals surface area contributed by atoms with Gasteiger partial charge in [-0.3, -0.25) is 4.79 Å². The van der Waals surface area contributed by atoms with E-state index in [2.05, 4.69) is 5.32 Å². The maximum Gasteiger partial charge on any atom is 0.248 e. The highest BCUT2D eigenvalue weighted by Gasteiger charge is 2.21. The van der Waals surface area contributed by atoms with Crippen molar-refractivity contribution in [1.82, 2.24) is 0 Å². The van der Waals surface area contributed by atoms with Gasteiger partial charge < -0.3 is 15.8 Å². The van der Waals surface area contributed by atoms with Crippen molar-refractivity contribution in [2.24, 2.45) is 5.73 Å². The molecule has 4 nitrogen and oxygen atoms in total. The first kappa shape index (κ1) is 13.8. The Labute approximate surface area is 112 Å². The zero-order valence-electron chi connectivity index (χ0n) is 11.0. The lowest BCUT2D eigenvalue weighted by Gasteiger charge is -2.29. The number of hydrogen-bond acceptors (Lipinski definition) is 3. The van der Waals surface area contributed by atoms with Gasteiger partial charge in [0.2, 0.25) is 5.91 Å². The van der Waals surface area contributed by atoms with Crippen LogP contribution in [0.3, 0.4) is 0 Å². The number of rotatable bonds is 4. The van der Waals surface area contributed by atoms with Gasteiger partial charge in [-0.1, -0.05) is 0 Å². The van der Waals surface area contributed by atoms with Crippen LogP contribution in [0.1, 0.15) is 36.0 Å². The maximum absolute atomic E-state index is 13.7. The van der Waals surface area contributed by atoms with E-state index in [0.29, 0.717) is 17.4 Å². The number of anilines is 1. The van der Waals surface area contributed by atoms with Crippen molar-refractivity contribution < 1.29 is 13.9 Å². The van der Waals surface area contributed by atoms with E-state index >= 15 is 0 Å². The lowest BCUT2D eigenvalue weighted by Crippen LogP contribution is -2.29. The first-order valence-electron chi connectivity index (χ1n) is 6.49. The number of carbonyl (C=O) groups is 1. The number of nitrogens with one attached hydrogen (secondary N) is 1. The molecule has 0 aromatic heterocycles. The highest BCUT2D eigenvalue weighted by molar-refractivity contribution is 5.93. The van der Waals surface area contributed by atoms with Crippen LogP contribution in [-0.4, -0.2) is 25.2 Å². The standard InChI is InChI=1S/C14H19FN2O2/c1-19-11-5-3-10(4-6-11)17-13-8-9(14(16)18)2-7-12(13)15/h2,7-8,10-11,17H,3-6H2,1H3,(H2,16,18). The Balaban J connectivity index is 2.03. The molecule has 104 valence electrons. The first-order valence-corrected chi connectivity index (χ1v) is 6.49. The smallest absolute Gasteiger partial charge is 0.248 e. The maximum atomic E-state index is 13.7. The van der Waals surface area contributed by atoms with Crippen LogP contribution >= 0.6 is 0 Å². The van der Waals surface area contributed by atoms with Gasteiger partial charge in [0.05, 0.1) is 11.8 Å². The molecule has 1 aliphatic rings. The molecule has 1 aliphatic carbocycles. The third-order valence-electron chi connectivity index (χ3n) is 3.62. The highest BCUT2D eigenvalue weighted by atomic mass is 19.1. The van der Waals surface area contributed by atoms with Crippen LogP contribution < -0.4 is 11.1 Å². The van der Waals surface area contributed by atoms with E-state index in [1.165, 1.54) is 18.2 Å². The monoisotopic (exact) mass is 266 g/mol. The minimum absolute atomic E-state index is 0.212. The van der Waals surface area contributed by atoms with Crippen molar-refractivity contribution in [3.05, 3.63) is 29.6 Å². The molecule has 1 saturated carbocycles. The molecule has 0 bridgehead atoms. The summed E-state index contributed by atoms with van der Waals surface area (Å²) in [7, 11) is 1.72. The number of ether oxygens (including phenoxy) is 1. The predicted octanol–water partition coefficient (Wildman–Crippen LogP) is 2.29. The van der Waals surface area contributed by atoms with E-state index in [1.54, 1.807) is 7.11 Å². The average Bonchev–Trinajstić information content (AvgIpc) is 2.42. The number of halogens is 1. The summed E-state index contributed by atoms with van der Waals surface area (Å²) in [6.07, 6.45) is 4.09. The van der Waals surface area contributed by atoms with Gasteiger partial charge in [0, 0.05) is 18.7 Å². The van der Waals surface area contributed by atoms with Crippen LogP contribution in [0.15, 0.2) is 18.2 Å². The second kappa shape index (κ2) is 6.02. The molecule has 0 saturated heterocycles. The fourth-order valence-electron chi connectivity index (χ4n) is 2.45. The normalized spacial score (nSPS) is 23.1.